The van der Waals surface area contributed by atoms with Crippen LogP contribution >= 0.6 is 0 Å². The average molecular weight is 281 g/mol. The van der Waals surface area contributed by atoms with Crippen molar-refractivity contribution in [1.29, 1.82) is 0 Å². The van der Waals surface area contributed by atoms with Gasteiger partial charge in [-0.3, -0.25) is 0 Å². The Labute approximate surface area is 114 Å². The van der Waals surface area contributed by atoms with E-state index >= 15 is 0 Å². The van der Waals surface area contributed by atoms with Crippen LogP contribution in [-0.2, 0) is 6.18 Å². The van der Waals surface area contributed by atoms with Gasteiger partial charge in [0.05, 0.1) is 5.69 Å². The van der Waals surface area contributed by atoms with Gasteiger partial charge >= 0.3 is 6.18 Å². The molecule has 0 radical (unpaired) electrons. The summed E-state index contributed by atoms with van der Waals surface area (Å²) in [6, 6.07) is 5.15. The highest BCUT2D eigenvalue weighted by Crippen LogP contribution is 2.32. The van der Waals surface area contributed by atoms with Crippen molar-refractivity contribution in [1.82, 2.24) is 9.97 Å². The largest absolute Gasteiger partial charge is 0.451 e. The molecule has 3 nitrogen and oxygen atoms in total. The lowest BCUT2D eigenvalue weighted by atomic mass is 9.97. The number of hydrogen-bond donors (Lipinski definition) is 1. The molecular weight excluding hydrogens is 267 g/mol. The molecule has 1 aromatic carbocycles. The summed E-state index contributed by atoms with van der Waals surface area (Å²) < 4.78 is 38.2. The first-order valence-corrected chi connectivity index (χ1v) is 5.98. The van der Waals surface area contributed by atoms with Gasteiger partial charge in [-0.1, -0.05) is 17.7 Å². The van der Waals surface area contributed by atoms with Gasteiger partial charge in [-0.15, -0.1) is 0 Å². The van der Waals surface area contributed by atoms with E-state index in [0.29, 0.717) is 5.56 Å². The molecule has 0 aliphatic carbocycles. The maximum atomic E-state index is 12.7. The summed E-state index contributed by atoms with van der Waals surface area (Å²) in [4.78, 5) is 6.86. The Hall–Kier alpha value is -2.11. The number of nitrogens with two attached hydrogens (primary N) is 1. The third-order valence-corrected chi connectivity index (χ3v) is 2.93. The van der Waals surface area contributed by atoms with E-state index < -0.39 is 12.0 Å². The van der Waals surface area contributed by atoms with Crippen molar-refractivity contribution in [3.63, 3.8) is 0 Å². The zero-order valence-corrected chi connectivity index (χ0v) is 11.3. The molecule has 20 heavy (non-hydrogen) atoms. The topological polar surface area (TPSA) is 51.8 Å². The third-order valence-electron chi connectivity index (χ3n) is 2.93. The van der Waals surface area contributed by atoms with E-state index in [1.165, 1.54) is 6.07 Å². The molecule has 0 aliphatic heterocycles. The fourth-order valence-corrected chi connectivity index (χ4v) is 2.30. The lowest BCUT2D eigenvalue weighted by molar-refractivity contribution is -0.144. The summed E-state index contributed by atoms with van der Waals surface area (Å²) in [5.74, 6) is -1.41. The molecule has 0 amide bonds. The van der Waals surface area contributed by atoms with E-state index in [1.54, 1.807) is 0 Å². The lowest BCUT2D eigenvalue weighted by Crippen LogP contribution is -2.13. The predicted molar refractivity (Wildman–Crippen MR) is 71.1 cm³/mol. The fourth-order valence-electron chi connectivity index (χ4n) is 2.30. The van der Waals surface area contributed by atoms with Crippen LogP contribution in [0, 0.1) is 20.8 Å². The van der Waals surface area contributed by atoms with Crippen molar-refractivity contribution in [2.24, 2.45) is 0 Å². The van der Waals surface area contributed by atoms with E-state index in [2.05, 4.69) is 9.97 Å². The van der Waals surface area contributed by atoms with Crippen molar-refractivity contribution >= 4 is 5.82 Å². The van der Waals surface area contributed by atoms with Crippen molar-refractivity contribution in [3.8, 4) is 11.3 Å². The second kappa shape index (κ2) is 4.77. The Morgan fingerprint density at radius 3 is 2.00 bits per heavy atom. The van der Waals surface area contributed by atoms with Gasteiger partial charge < -0.3 is 5.73 Å². The summed E-state index contributed by atoms with van der Waals surface area (Å²) in [5.41, 5.74) is 9.08. The molecule has 0 bridgehead atoms. The Morgan fingerprint density at radius 2 is 1.50 bits per heavy atom. The van der Waals surface area contributed by atoms with E-state index in [4.69, 9.17) is 5.73 Å². The summed E-state index contributed by atoms with van der Waals surface area (Å²) in [5, 5.41) is 0. The van der Waals surface area contributed by atoms with E-state index in [0.717, 1.165) is 16.7 Å². The number of halogens is 3. The summed E-state index contributed by atoms with van der Waals surface area (Å²) >= 11 is 0. The van der Waals surface area contributed by atoms with Crippen LogP contribution in [0.4, 0.5) is 19.0 Å². The van der Waals surface area contributed by atoms with E-state index in [-0.39, 0.29) is 11.5 Å². The van der Waals surface area contributed by atoms with Crippen LogP contribution in [0.5, 0.6) is 0 Å². The average Bonchev–Trinajstić information content (AvgIpc) is 2.25. The molecule has 0 fully saturated rings. The SMILES string of the molecule is Cc1cc(C)c(-c2cc(N)nc(C(F)(F)F)n2)c(C)c1. The minimum Gasteiger partial charge on any atom is -0.384 e. The Bertz CT molecular complexity index is 640. The lowest BCUT2D eigenvalue weighted by Gasteiger charge is -2.13. The Morgan fingerprint density at radius 1 is 0.950 bits per heavy atom. The minimum absolute atomic E-state index is 0.193. The van der Waals surface area contributed by atoms with Crippen LogP contribution in [0.15, 0.2) is 18.2 Å². The first-order chi connectivity index (χ1) is 9.18. The highest BCUT2D eigenvalue weighted by atomic mass is 19.4. The van der Waals surface area contributed by atoms with E-state index in [9.17, 15) is 13.2 Å². The number of alkyl halides is 3. The van der Waals surface area contributed by atoms with Gasteiger partial charge in [-0.05, 0) is 31.9 Å². The first kappa shape index (κ1) is 14.3. The molecule has 0 spiro atoms. The molecule has 1 heterocycles. The highest BCUT2D eigenvalue weighted by molar-refractivity contribution is 5.69. The van der Waals surface area contributed by atoms with E-state index in [1.807, 2.05) is 32.9 Å². The molecule has 2 N–H and O–H groups in total. The molecule has 0 atom stereocenters. The molecule has 0 saturated heterocycles. The first-order valence-electron chi connectivity index (χ1n) is 5.98. The third kappa shape index (κ3) is 2.74. The summed E-state index contributed by atoms with van der Waals surface area (Å²) in [6.45, 7) is 5.60. The number of aromatic nitrogens is 2. The van der Waals surface area contributed by atoms with Crippen LogP contribution in [-0.4, -0.2) is 9.97 Å². The van der Waals surface area contributed by atoms with Crippen LogP contribution in [0.3, 0.4) is 0 Å². The number of benzene rings is 1. The van der Waals surface area contributed by atoms with Crippen molar-refractivity contribution in [2.45, 2.75) is 26.9 Å². The molecule has 1 aromatic heterocycles. The smallest absolute Gasteiger partial charge is 0.384 e. The van der Waals surface area contributed by atoms with Gasteiger partial charge in [0.15, 0.2) is 0 Å². The molecular formula is C14H14F3N3. The molecule has 2 aromatic rings. The Balaban J connectivity index is 2.68. The fraction of sp³-hybridized carbons (Fsp3) is 0.286. The second-order valence-corrected chi connectivity index (χ2v) is 4.77. The number of hydrogen-bond acceptors (Lipinski definition) is 3. The zero-order valence-electron chi connectivity index (χ0n) is 11.3. The number of anilines is 1. The molecule has 2 rings (SSSR count). The van der Waals surface area contributed by atoms with Gasteiger partial charge in [0.25, 0.3) is 0 Å². The van der Waals surface area contributed by atoms with Crippen LogP contribution < -0.4 is 5.73 Å². The van der Waals surface area contributed by atoms with Crippen molar-refractivity contribution < 1.29 is 13.2 Å². The molecule has 6 heteroatoms. The molecule has 0 aliphatic rings. The van der Waals surface area contributed by atoms with Gasteiger partial charge in [-0.25, -0.2) is 9.97 Å². The van der Waals surface area contributed by atoms with Gasteiger partial charge in [0.2, 0.25) is 5.82 Å². The Kier molecular flexibility index (Phi) is 3.41. The normalized spacial score (nSPS) is 11.7. The van der Waals surface area contributed by atoms with Crippen LogP contribution in [0.25, 0.3) is 11.3 Å². The minimum atomic E-state index is -4.61. The highest BCUT2D eigenvalue weighted by Gasteiger charge is 2.35. The predicted octanol–water partition coefficient (Wildman–Crippen LogP) is 3.67. The standard InChI is InChI=1S/C14H14F3N3/c1-7-4-8(2)12(9(3)5-7)10-6-11(18)20-13(19-10)14(15,16)17/h4-6H,1-3H3,(H2,18,19,20). The molecule has 0 unspecified atom stereocenters. The van der Waals surface area contributed by atoms with Gasteiger partial charge in [0.1, 0.15) is 5.82 Å². The summed E-state index contributed by atoms with van der Waals surface area (Å²) in [6.07, 6.45) is -4.61. The summed E-state index contributed by atoms with van der Waals surface area (Å²) in [7, 11) is 0. The van der Waals surface area contributed by atoms with Gasteiger partial charge in [0, 0.05) is 11.6 Å². The van der Waals surface area contributed by atoms with Crippen molar-refractivity contribution in [2.75, 3.05) is 5.73 Å². The maximum absolute atomic E-state index is 12.7. The van der Waals surface area contributed by atoms with Crippen LogP contribution in [0.2, 0.25) is 0 Å². The maximum Gasteiger partial charge on any atom is 0.451 e. The quantitative estimate of drug-likeness (QED) is 0.867. The number of rotatable bonds is 1. The molecule has 0 saturated carbocycles. The molecule has 106 valence electrons. The van der Waals surface area contributed by atoms with Gasteiger partial charge in [-0.2, -0.15) is 13.2 Å². The van der Waals surface area contributed by atoms with Crippen LogP contribution in [0.1, 0.15) is 22.5 Å². The number of nitrogens with zero attached hydrogens (tertiary/aromatic N) is 2. The second-order valence-electron chi connectivity index (χ2n) is 4.77. The monoisotopic (exact) mass is 281 g/mol. The number of aryl methyl sites for hydroxylation is 3. The van der Waals surface area contributed by atoms with Crippen molar-refractivity contribution in [3.05, 3.63) is 40.7 Å². The number of nitrogen functional groups attached to an aromatic ring is 1. The zero-order chi connectivity index (χ0) is 15.1.